The second-order valence-corrected chi connectivity index (χ2v) is 11.1. The van der Waals surface area contributed by atoms with E-state index in [0.29, 0.717) is 15.7 Å². The molecule has 164 valence electrons. The lowest BCUT2D eigenvalue weighted by molar-refractivity contribution is -0.117. The molecule has 1 aliphatic rings. The number of amides is 1. The highest BCUT2D eigenvalue weighted by Gasteiger charge is 2.27. The average Bonchev–Trinajstić information content (AvgIpc) is 3.35. The first-order valence-corrected chi connectivity index (χ1v) is 12.3. The molecule has 0 saturated heterocycles. The molecule has 0 saturated carbocycles. The maximum absolute atomic E-state index is 12.4. The molecule has 11 heteroatoms. The SMILES string of the molecule is Cc1ccc(C2=NN(c3cnc(CC(=O)CS(=O)(=O)c4ccc(Cl)s4)cn3)C(=O)C2)cc1. The highest BCUT2D eigenvalue weighted by Crippen LogP contribution is 2.26. The third-order valence-electron chi connectivity index (χ3n) is 4.65. The van der Waals surface area contributed by atoms with Crippen molar-refractivity contribution in [2.75, 3.05) is 10.8 Å². The highest BCUT2D eigenvalue weighted by atomic mass is 35.5. The lowest BCUT2D eigenvalue weighted by atomic mass is 10.1. The summed E-state index contributed by atoms with van der Waals surface area (Å²) in [5.74, 6) is -1.18. The van der Waals surface area contributed by atoms with Crippen LogP contribution in [0.25, 0.3) is 0 Å². The number of sulfone groups is 1. The van der Waals surface area contributed by atoms with E-state index in [-0.39, 0.29) is 28.8 Å². The number of ketones is 1. The summed E-state index contributed by atoms with van der Waals surface area (Å²) in [6, 6.07) is 10.6. The summed E-state index contributed by atoms with van der Waals surface area (Å²) in [7, 11) is -3.76. The Labute approximate surface area is 193 Å². The van der Waals surface area contributed by atoms with Crippen LogP contribution < -0.4 is 5.01 Å². The minimum Gasteiger partial charge on any atom is -0.298 e. The van der Waals surface area contributed by atoms with Crippen LogP contribution in [0, 0.1) is 6.92 Å². The molecule has 8 nitrogen and oxygen atoms in total. The smallest absolute Gasteiger partial charge is 0.254 e. The van der Waals surface area contributed by atoms with Gasteiger partial charge >= 0.3 is 0 Å². The molecule has 1 aliphatic heterocycles. The van der Waals surface area contributed by atoms with Gasteiger partial charge in [-0.2, -0.15) is 10.1 Å². The molecule has 3 aromatic rings. The Morgan fingerprint density at radius 2 is 1.88 bits per heavy atom. The van der Waals surface area contributed by atoms with Gasteiger partial charge in [-0.15, -0.1) is 11.3 Å². The quantitative estimate of drug-likeness (QED) is 0.505. The number of thiophene rings is 1. The number of aryl methyl sites for hydroxylation is 1. The Balaban J connectivity index is 1.43. The predicted octanol–water partition coefficient (Wildman–Crippen LogP) is 3.23. The van der Waals surface area contributed by atoms with E-state index in [1.165, 1.54) is 29.5 Å². The predicted molar refractivity (Wildman–Crippen MR) is 122 cm³/mol. The fraction of sp³-hybridized carbons (Fsp3) is 0.190. The van der Waals surface area contributed by atoms with Crippen LogP contribution in [0.2, 0.25) is 4.34 Å². The zero-order valence-electron chi connectivity index (χ0n) is 16.9. The van der Waals surface area contributed by atoms with E-state index in [0.717, 1.165) is 22.5 Å². The number of hydrogen-bond acceptors (Lipinski definition) is 8. The van der Waals surface area contributed by atoms with Crippen molar-refractivity contribution in [2.24, 2.45) is 5.10 Å². The number of carbonyl (C=O) groups is 2. The molecule has 1 amide bonds. The molecule has 0 fully saturated rings. The highest BCUT2D eigenvalue weighted by molar-refractivity contribution is 7.94. The van der Waals surface area contributed by atoms with Crippen molar-refractivity contribution in [3.8, 4) is 0 Å². The monoisotopic (exact) mass is 488 g/mol. The summed E-state index contributed by atoms with van der Waals surface area (Å²) in [6.07, 6.45) is 2.64. The van der Waals surface area contributed by atoms with E-state index < -0.39 is 21.4 Å². The van der Waals surface area contributed by atoms with Gasteiger partial charge in [0.05, 0.1) is 41.0 Å². The summed E-state index contributed by atoms with van der Waals surface area (Å²) in [4.78, 5) is 33.0. The zero-order valence-corrected chi connectivity index (χ0v) is 19.2. The van der Waals surface area contributed by atoms with E-state index in [2.05, 4.69) is 15.1 Å². The Bertz CT molecular complexity index is 1320. The summed E-state index contributed by atoms with van der Waals surface area (Å²) < 4.78 is 25.0. The number of rotatable bonds is 7. The first kappa shape index (κ1) is 22.3. The van der Waals surface area contributed by atoms with Crippen LogP contribution in [0.3, 0.4) is 0 Å². The normalized spacial score (nSPS) is 14.0. The number of anilines is 1. The lowest BCUT2D eigenvalue weighted by Crippen LogP contribution is -2.21. The van der Waals surface area contributed by atoms with Crippen molar-refractivity contribution in [2.45, 2.75) is 24.0 Å². The number of aromatic nitrogens is 2. The molecular weight excluding hydrogens is 472 g/mol. The molecule has 0 spiro atoms. The largest absolute Gasteiger partial charge is 0.298 e. The summed E-state index contributed by atoms with van der Waals surface area (Å²) in [5.41, 5.74) is 2.90. The van der Waals surface area contributed by atoms with Gasteiger partial charge < -0.3 is 0 Å². The Morgan fingerprint density at radius 1 is 1.12 bits per heavy atom. The molecule has 0 unspecified atom stereocenters. The lowest BCUT2D eigenvalue weighted by Gasteiger charge is -2.10. The Hall–Kier alpha value is -2.95. The summed E-state index contributed by atoms with van der Waals surface area (Å²) in [5, 5.41) is 5.54. The minimum atomic E-state index is -3.76. The minimum absolute atomic E-state index is 0.0482. The van der Waals surface area contributed by atoms with Crippen LogP contribution >= 0.6 is 22.9 Å². The van der Waals surface area contributed by atoms with Crippen LogP contribution in [0.15, 0.2) is 58.1 Å². The van der Waals surface area contributed by atoms with Gasteiger partial charge in [-0.3, -0.25) is 14.6 Å². The Kier molecular flexibility index (Phi) is 6.18. The van der Waals surface area contributed by atoms with Crippen molar-refractivity contribution in [3.63, 3.8) is 0 Å². The molecule has 0 N–H and O–H groups in total. The van der Waals surface area contributed by atoms with Crippen LogP contribution in [0.5, 0.6) is 0 Å². The maximum atomic E-state index is 12.4. The second kappa shape index (κ2) is 8.89. The molecule has 0 aliphatic carbocycles. The van der Waals surface area contributed by atoms with Crippen LogP contribution in [-0.2, 0) is 25.8 Å². The third kappa shape index (κ3) is 4.93. The van der Waals surface area contributed by atoms with Crippen molar-refractivity contribution < 1.29 is 18.0 Å². The van der Waals surface area contributed by atoms with E-state index in [9.17, 15) is 18.0 Å². The number of halogens is 1. The molecule has 4 rings (SSSR count). The van der Waals surface area contributed by atoms with Crippen LogP contribution in [0.4, 0.5) is 5.82 Å². The first-order valence-electron chi connectivity index (χ1n) is 9.49. The number of Topliss-reactive ketones (excluding diaryl/α,β-unsaturated/α-hetero) is 1. The zero-order chi connectivity index (χ0) is 22.9. The van der Waals surface area contributed by atoms with Gasteiger partial charge in [-0.05, 0) is 24.6 Å². The van der Waals surface area contributed by atoms with Crippen LogP contribution in [0.1, 0.15) is 23.2 Å². The first-order chi connectivity index (χ1) is 15.2. The average molecular weight is 489 g/mol. The summed E-state index contributed by atoms with van der Waals surface area (Å²) in [6.45, 7) is 1.98. The Morgan fingerprint density at radius 3 is 2.50 bits per heavy atom. The van der Waals surface area contributed by atoms with Crippen LogP contribution in [-0.4, -0.2) is 41.5 Å². The molecule has 0 bridgehead atoms. The fourth-order valence-electron chi connectivity index (χ4n) is 3.06. The van der Waals surface area contributed by atoms with E-state index in [1.54, 1.807) is 0 Å². The molecule has 3 heterocycles. The standard InChI is InChI=1S/C21H17ClN4O4S2/c1-13-2-4-14(5-3-13)17-9-20(28)26(25-17)19-11-23-15(10-24-19)8-16(27)12-32(29,30)21-7-6-18(22)31-21/h2-7,10-11H,8-9,12H2,1H3. The van der Waals surface area contributed by atoms with Crippen molar-refractivity contribution in [1.29, 1.82) is 0 Å². The second-order valence-electron chi connectivity index (χ2n) is 7.19. The molecule has 0 atom stereocenters. The van der Waals surface area contributed by atoms with Crippen molar-refractivity contribution in [3.05, 3.63) is 69.9 Å². The van der Waals surface area contributed by atoms with Gasteiger partial charge in [0, 0.05) is 0 Å². The van der Waals surface area contributed by atoms with Gasteiger partial charge in [0.2, 0.25) is 0 Å². The maximum Gasteiger partial charge on any atom is 0.254 e. The van der Waals surface area contributed by atoms with Crippen molar-refractivity contribution in [1.82, 2.24) is 9.97 Å². The third-order valence-corrected chi connectivity index (χ3v) is 8.14. The number of hydrogen-bond donors (Lipinski definition) is 0. The molecule has 1 aromatic carbocycles. The van der Waals surface area contributed by atoms with Gasteiger partial charge in [0.1, 0.15) is 9.96 Å². The molecule has 32 heavy (non-hydrogen) atoms. The van der Waals surface area contributed by atoms with E-state index >= 15 is 0 Å². The molecule has 0 radical (unpaired) electrons. The fourth-order valence-corrected chi connectivity index (χ4v) is 5.88. The summed E-state index contributed by atoms with van der Waals surface area (Å²) >= 11 is 6.68. The van der Waals surface area contributed by atoms with Gasteiger partial charge in [0.15, 0.2) is 21.4 Å². The topological polar surface area (TPSA) is 110 Å². The van der Waals surface area contributed by atoms with Gasteiger partial charge in [0.25, 0.3) is 5.91 Å². The van der Waals surface area contributed by atoms with Crippen molar-refractivity contribution >= 4 is 56.0 Å². The number of carbonyl (C=O) groups excluding carboxylic acids is 2. The number of benzene rings is 1. The van der Waals surface area contributed by atoms with Gasteiger partial charge in [-0.1, -0.05) is 41.4 Å². The van der Waals surface area contributed by atoms with Gasteiger partial charge in [-0.25, -0.2) is 13.4 Å². The molecular formula is C21H17ClN4O4S2. The van der Waals surface area contributed by atoms with E-state index in [4.69, 9.17) is 11.6 Å². The number of hydrazone groups is 1. The number of nitrogens with zero attached hydrogens (tertiary/aromatic N) is 4. The molecule has 2 aromatic heterocycles. The van der Waals surface area contributed by atoms with E-state index in [1.807, 2.05) is 31.2 Å².